The SMILES string of the molecule is O=C1OC(c2cccc(Cl)c2)=NC1=Cc1ccc(OC(=O)c2ccccc2F)cc1. The lowest BCUT2D eigenvalue weighted by Crippen LogP contribution is -2.10. The number of cyclic esters (lactones) is 1. The van der Waals surface area contributed by atoms with Gasteiger partial charge >= 0.3 is 11.9 Å². The molecule has 1 heterocycles. The van der Waals surface area contributed by atoms with Gasteiger partial charge in [-0.05, 0) is 54.1 Å². The number of hydrogen-bond donors (Lipinski definition) is 0. The Morgan fingerprint density at radius 3 is 2.53 bits per heavy atom. The Kier molecular flexibility index (Phi) is 5.41. The molecule has 4 rings (SSSR count). The van der Waals surface area contributed by atoms with E-state index in [0.717, 1.165) is 0 Å². The van der Waals surface area contributed by atoms with Gasteiger partial charge < -0.3 is 9.47 Å². The summed E-state index contributed by atoms with van der Waals surface area (Å²) in [6.45, 7) is 0. The first-order chi connectivity index (χ1) is 14.5. The highest BCUT2D eigenvalue weighted by Gasteiger charge is 2.24. The van der Waals surface area contributed by atoms with E-state index in [1.165, 1.54) is 30.3 Å². The number of hydrogen-bond acceptors (Lipinski definition) is 5. The summed E-state index contributed by atoms with van der Waals surface area (Å²) in [5, 5.41) is 0.504. The van der Waals surface area contributed by atoms with Gasteiger partial charge in [0.15, 0.2) is 5.70 Å². The van der Waals surface area contributed by atoms with Crippen molar-refractivity contribution >= 4 is 35.5 Å². The van der Waals surface area contributed by atoms with Gasteiger partial charge in [0.1, 0.15) is 11.6 Å². The summed E-state index contributed by atoms with van der Waals surface area (Å²) in [5.74, 6) is -1.63. The van der Waals surface area contributed by atoms with Crippen LogP contribution in [0.3, 0.4) is 0 Å². The van der Waals surface area contributed by atoms with E-state index in [9.17, 15) is 14.0 Å². The molecule has 0 saturated heterocycles. The van der Waals surface area contributed by atoms with Crippen LogP contribution in [0.5, 0.6) is 5.75 Å². The molecule has 3 aromatic carbocycles. The number of rotatable bonds is 4. The molecule has 3 aromatic rings. The molecule has 0 fully saturated rings. The molecule has 0 radical (unpaired) electrons. The molecule has 0 saturated carbocycles. The van der Waals surface area contributed by atoms with Crippen LogP contribution in [0, 0.1) is 5.82 Å². The summed E-state index contributed by atoms with van der Waals surface area (Å²) in [5.41, 5.74) is 1.21. The Morgan fingerprint density at radius 2 is 1.80 bits per heavy atom. The predicted octanol–water partition coefficient (Wildman–Crippen LogP) is 5.04. The number of carbonyl (C=O) groups excluding carboxylic acids is 2. The summed E-state index contributed by atoms with van der Waals surface area (Å²) in [7, 11) is 0. The van der Waals surface area contributed by atoms with Gasteiger partial charge in [-0.1, -0.05) is 41.9 Å². The molecule has 0 atom stereocenters. The molecule has 0 aromatic heterocycles. The molecule has 0 unspecified atom stereocenters. The van der Waals surface area contributed by atoms with Gasteiger partial charge in [0.2, 0.25) is 5.90 Å². The highest BCUT2D eigenvalue weighted by atomic mass is 35.5. The first-order valence-corrected chi connectivity index (χ1v) is 9.23. The Balaban J connectivity index is 1.50. The molecule has 0 spiro atoms. The van der Waals surface area contributed by atoms with Crippen molar-refractivity contribution in [2.75, 3.05) is 0 Å². The van der Waals surface area contributed by atoms with Gasteiger partial charge in [-0.25, -0.2) is 19.0 Å². The molecule has 30 heavy (non-hydrogen) atoms. The van der Waals surface area contributed by atoms with E-state index in [-0.39, 0.29) is 22.9 Å². The fraction of sp³-hybridized carbons (Fsp3) is 0. The van der Waals surface area contributed by atoms with E-state index in [2.05, 4.69) is 4.99 Å². The first-order valence-electron chi connectivity index (χ1n) is 8.85. The van der Waals surface area contributed by atoms with Gasteiger partial charge in [-0.2, -0.15) is 0 Å². The number of ether oxygens (including phenoxy) is 2. The number of carbonyl (C=O) groups is 2. The van der Waals surface area contributed by atoms with Crippen LogP contribution >= 0.6 is 11.6 Å². The topological polar surface area (TPSA) is 65.0 Å². The van der Waals surface area contributed by atoms with E-state index in [4.69, 9.17) is 21.1 Å². The normalized spacial score (nSPS) is 14.4. The lowest BCUT2D eigenvalue weighted by Gasteiger charge is -2.05. The van der Waals surface area contributed by atoms with Crippen molar-refractivity contribution in [2.24, 2.45) is 4.99 Å². The van der Waals surface area contributed by atoms with E-state index in [0.29, 0.717) is 16.1 Å². The first kappa shape index (κ1) is 19.5. The van der Waals surface area contributed by atoms with Crippen molar-refractivity contribution < 1.29 is 23.5 Å². The monoisotopic (exact) mass is 421 g/mol. The molecule has 1 aliphatic heterocycles. The number of halogens is 2. The smallest absolute Gasteiger partial charge is 0.363 e. The average molecular weight is 422 g/mol. The molecule has 0 aliphatic carbocycles. The molecular formula is C23H13ClFNO4. The Bertz CT molecular complexity index is 1200. The van der Waals surface area contributed by atoms with Gasteiger partial charge in [0.05, 0.1) is 5.56 Å². The molecular weight excluding hydrogens is 409 g/mol. The van der Waals surface area contributed by atoms with Crippen LogP contribution in [-0.2, 0) is 9.53 Å². The van der Waals surface area contributed by atoms with Crippen molar-refractivity contribution in [1.29, 1.82) is 0 Å². The average Bonchev–Trinajstić information content (AvgIpc) is 3.10. The maximum atomic E-state index is 13.7. The van der Waals surface area contributed by atoms with E-state index in [1.807, 2.05) is 0 Å². The molecule has 0 amide bonds. The van der Waals surface area contributed by atoms with Crippen LogP contribution in [0.2, 0.25) is 5.02 Å². The molecule has 1 aliphatic rings. The zero-order valence-corrected chi connectivity index (χ0v) is 16.1. The standard InChI is InChI=1S/C23H13ClFNO4/c24-16-5-3-4-15(13-16)21-26-20(23(28)30-21)12-14-8-10-17(11-9-14)29-22(27)18-6-1-2-7-19(18)25/h1-13H. The summed E-state index contributed by atoms with van der Waals surface area (Å²) in [6.07, 6.45) is 1.54. The number of benzene rings is 3. The van der Waals surface area contributed by atoms with Crippen LogP contribution in [0.4, 0.5) is 4.39 Å². The minimum atomic E-state index is -0.797. The highest BCUT2D eigenvalue weighted by Crippen LogP contribution is 2.22. The molecule has 0 N–H and O–H groups in total. The second kappa shape index (κ2) is 8.31. The summed E-state index contributed by atoms with van der Waals surface area (Å²) in [4.78, 5) is 28.4. The van der Waals surface area contributed by atoms with Crippen LogP contribution in [-0.4, -0.2) is 17.8 Å². The van der Waals surface area contributed by atoms with E-state index in [1.54, 1.807) is 48.5 Å². The minimum absolute atomic E-state index is 0.126. The zero-order valence-electron chi connectivity index (χ0n) is 15.3. The van der Waals surface area contributed by atoms with Crippen molar-refractivity contribution in [1.82, 2.24) is 0 Å². The van der Waals surface area contributed by atoms with Crippen molar-refractivity contribution in [3.8, 4) is 5.75 Å². The van der Waals surface area contributed by atoms with Crippen molar-refractivity contribution in [3.63, 3.8) is 0 Å². The molecule has 148 valence electrons. The predicted molar refractivity (Wildman–Crippen MR) is 110 cm³/mol. The number of aliphatic imine (C=N–C) groups is 1. The van der Waals surface area contributed by atoms with E-state index >= 15 is 0 Å². The Morgan fingerprint density at radius 1 is 1.03 bits per heavy atom. The quantitative estimate of drug-likeness (QED) is 0.336. The van der Waals surface area contributed by atoms with Crippen LogP contribution in [0.25, 0.3) is 6.08 Å². The van der Waals surface area contributed by atoms with Gasteiger partial charge in [-0.15, -0.1) is 0 Å². The number of nitrogens with zero attached hydrogens (tertiary/aromatic N) is 1. The fourth-order valence-corrected chi connectivity index (χ4v) is 2.92. The lowest BCUT2D eigenvalue weighted by molar-refractivity contribution is -0.129. The highest BCUT2D eigenvalue weighted by molar-refractivity contribution is 6.31. The maximum absolute atomic E-state index is 13.7. The Hall–Kier alpha value is -3.77. The summed E-state index contributed by atoms with van der Waals surface area (Å²) in [6, 6.07) is 18.7. The van der Waals surface area contributed by atoms with Crippen molar-refractivity contribution in [3.05, 3.63) is 106 Å². The largest absolute Gasteiger partial charge is 0.423 e. The third-order valence-corrected chi connectivity index (χ3v) is 4.41. The molecule has 7 heteroatoms. The molecule has 5 nitrogen and oxygen atoms in total. The van der Waals surface area contributed by atoms with Gasteiger partial charge in [-0.3, -0.25) is 0 Å². The maximum Gasteiger partial charge on any atom is 0.363 e. The second-order valence-corrected chi connectivity index (χ2v) is 6.72. The lowest BCUT2D eigenvalue weighted by atomic mass is 10.2. The molecule has 0 bridgehead atoms. The third kappa shape index (κ3) is 4.29. The Labute approximate surface area is 176 Å². The third-order valence-electron chi connectivity index (χ3n) is 4.18. The van der Waals surface area contributed by atoms with Crippen LogP contribution < -0.4 is 4.74 Å². The van der Waals surface area contributed by atoms with Crippen LogP contribution in [0.1, 0.15) is 21.5 Å². The fourth-order valence-electron chi connectivity index (χ4n) is 2.73. The minimum Gasteiger partial charge on any atom is -0.423 e. The van der Waals surface area contributed by atoms with Crippen molar-refractivity contribution in [2.45, 2.75) is 0 Å². The number of esters is 2. The van der Waals surface area contributed by atoms with Gasteiger partial charge in [0.25, 0.3) is 0 Å². The summed E-state index contributed by atoms with van der Waals surface area (Å²) < 4.78 is 24.1. The second-order valence-electron chi connectivity index (χ2n) is 6.28. The summed E-state index contributed by atoms with van der Waals surface area (Å²) >= 11 is 5.96. The van der Waals surface area contributed by atoms with Crippen LogP contribution in [0.15, 0.2) is 83.5 Å². The van der Waals surface area contributed by atoms with E-state index < -0.39 is 17.8 Å². The zero-order chi connectivity index (χ0) is 21.1. The van der Waals surface area contributed by atoms with Gasteiger partial charge in [0, 0.05) is 10.6 Å².